The summed E-state index contributed by atoms with van der Waals surface area (Å²) in [6, 6.07) is 6.54. The molecule has 122 valence electrons. The summed E-state index contributed by atoms with van der Waals surface area (Å²) >= 11 is 0. The quantitative estimate of drug-likeness (QED) is 0.805. The van der Waals surface area contributed by atoms with Gasteiger partial charge in [0.1, 0.15) is 12.3 Å². The van der Waals surface area contributed by atoms with Crippen LogP contribution in [0.4, 0.5) is 4.79 Å². The van der Waals surface area contributed by atoms with Crippen molar-refractivity contribution in [2.24, 2.45) is 0 Å². The van der Waals surface area contributed by atoms with Crippen LogP contribution in [0.15, 0.2) is 24.3 Å². The van der Waals surface area contributed by atoms with E-state index in [-0.39, 0.29) is 18.5 Å². The molecular formula is C16H19N3O4. The fraction of sp³-hybridized carbons (Fsp3) is 0.438. The molecule has 2 aliphatic rings. The molecule has 3 rings (SSSR count). The lowest BCUT2D eigenvalue weighted by Gasteiger charge is -2.33. The van der Waals surface area contributed by atoms with Crippen molar-refractivity contribution in [2.75, 3.05) is 13.2 Å². The van der Waals surface area contributed by atoms with Crippen molar-refractivity contribution in [3.63, 3.8) is 0 Å². The number of para-hydroxylation sites is 1. The van der Waals surface area contributed by atoms with E-state index in [1.165, 1.54) is 0 Å². The van der Waals surface area contributed by atoms with Crippen molar-refractivity contribution in [2.45, 2.75) is 31.8 Å². The van der Waals surface area contributed by atoms with Crippen molar-refractivity contribution in [3.05, 3.63) is 29.8 Å². The molecule has 0 bridgehead atoms. The standard InChI is InChI=1S/C16H19N3O4/c1-10(2)17-13(20)9-19-14(21)16(18-15(19)22)7-8-23-12-6-4-3-5-11(12)16/h3-6,10H,7-9H2,1-2H3,(H,17,20)(H,18,22). The first kappa shape index (κ1) is 15.3. The molecule has 1 spiro atoms. The molecule has 1 aromatic carbocycles. The Bertz CT molecular complexity index is 673. The summed E-state index contributed by atoms with van der Waals surface area (Å²) in [5, 5.41) is 5.45. The van der Waals surface area contributed by atoms with E-state index in [2.05, 4.69) is 10.6 Å². The Kier molecular flexibility index (Phi) is 3.71. The third-order valence-electron chi connectivity index (χ3n) is 4.01. The molecule has 1 fully saturated rings. The molecule has 1 atom stereocenters. The molecular weight excluding hydrogens is 298 g/mol. The molecule has 2 N–H and O–H groups in total. The lowest BCUT2D eigenvalue weighted by Crippen LogP contribution is -2.48. The molecule has 1 unspecified atom stereocenters. The van der Waals surface area contributed by atoms with Gasteiger partial charge in [-0.2, -0.15) is 0 Å². The summed E-state index contributed by atoms with van der Waals surface area (Å²) in [5.41, 5.74) is -0.499. The highest BCUT2D eigenvalue weighted by atomic mass is 16.5. The van der Waals surface area contributed by atoms with Gasteiger partial charge in [-0.3, -0.25) is 14.5 Å². The highest BCUT2D eigenvalue weighted by molar-refractivity contribution is 6.09. The van der Waals surface area contributed by atoms with E-state index in [4.69, 9.17) is 4.74 Å². The number of ether oxygens (including phenoxy) is 1. The van der Waals surface area contributed by atoms with Crippen molar-refractivity contribution in [3.8, 4) is 5.75 Å². The number of imide groups is 1. The first-order chi connectivity index (χ1) is 10.9. The predicted molar refractivity (Wildman–Crippen MR) is 81.8 cm³/mol. The number of nitrogens with zero attached hydrogens (tertiary/aromatic N) is 1. The normalized spacial score (nSPS) is 22.8. The van der Waals surface area contributed by atoms with E-state index in [9.17, 15) is 14.4 Å². The van der Waals surface area contributed by atoms with Gasteiger partial charge in [0.2, 0.25) is 5.91 Å². The first-order valence-corrected chi connectivity index (χ1v) is 7.60. The van der Waals surface area contributed by atoms with Crippen LogP contribution in [0.25, 0.3) is 0 Å². The Balaban J connectivity index is 1.89. The Morgan fingerprint density at radius 3 is 2.87 bits per heavy atom. The van der Waals surface area contributed by atoms with E-state index < -0.39 is 17.5 Å². The number of rotatable bonds is 3. The van der Waals surface area contributed by atoms with Crippen molar-refractivity contribution >= 4 is 17.8 Å². The summed E-state index contributed by atoms with van der Waals surface area (Å²) < 4.78 is 5.56. The van der Waals surface area contributed by atoms with Gasteiger partial charge in [0.05, 0.1) is 6.61 Å². The Hall–Kier alpha value is -2.57. The number of fused-ring (bicyclic) bond motifs is 2. The monoisotopic (exact) mass is 317 g/mol. The molecule has 0 radical (unpaired) electrons. The maximum absolute atomic E-state index is 12.9. The van der Waals surface area contributed by atoms with Gasteiger partial charge in [0.15, 0.2) is 5.54 Å². The molecule has 2 aliphatic heterocycles. The minimum atomic E-state index is -1.13. The van der Waals surface area contributed by atoms with Crippen LogP contribution in [0.1, 0.15) is 25.8 Å². The molecule has 0 aromatic heterocycles. The molecule has 7 heteroatoms. The molecule has 23 heavy (non-hydrogen) atoms. The van der Waals surface area contributed by atoms with Gasteiger partial charge in [-0.1, -0.05) is 18.2 Å². The van der Waals surface area contributed by atoms with Crippen LogP contribution in [0.5, 0.6) is 5.75 Å². The number of hydrogen-bond donors (Lipinski definition) is 2. The van der Waals surface area contributed by atoms with E-state index >= 15 is 0 Å². The van der Waals surface area contributed by atoms with Crippen LogP contribution in [-0.4, -0.2) is 41.9 Å². The van der Waals surface area contributed by atoms with Crippen molar-refractivity contribution in [1.82, 2.24) is 15.5 Å². The molecule has 0 aliphatic carbocycles. The van der Waals surface area contributed by atoms with Gasteiger partial charge in [-0.25, -0.2) is 4.79 Å². The second kappa shape index (κ2) is 5.57. The summed E-state index contributed by atoms with van der Waals surface area (Å²) in [5.74, 6) is -0.182. The second-order valence-corrected chi connectivity index (χ2v) is 6.04. The number of amides is 4. The minimum Gasteiger partial charge on any atom is -0.493 e. The number of benzene rings is 1. The van der Waals surface area contributed by atoms with Gasteiger partial charge in [0.25, 0.3) is 5.91 Å². The Morgan fingerprint density at radius 2 is 2.13 bits per heavy atom. The number of nitrogens with one attached hydrogen (secondary N) is 2. The molecule has 1 saturated heterocycles. The SMILES string of the molecule is CC(C)NC(=O)CN1C(=O)NC2(CCOc3ccccc32)C1=O. The molecule has 7 nitrogen and oxygen atoms in total. The molecule has 0 saturated carbocycles. The van der Waals surface area contributed by atoms with Gasteiger partial charge in [0, 0.05) is 18.0 Å². The van der Waals surface area contributed by atoms with E-state index in [0.29, 0.717) is 24.3 Å². The maximum Gasteiger partial charge on any atom is 0.325 e. The summed E-state index contributed by atoms with van der Waals surface area (Å²) in [4.78, 5) is 38.0. The topological polar surface area (TPSA) is 87.7 Å². The average molecular weight is 317 g/mol. The Labute approximate surface area is 134 Å². The molecule has 1 aromatic rings. The van der Waals surface area contributed by atoms with E-state index in [1.807, 2.05) is 19.9 Å². The van der Waals surface area contributed by atoms with Crippen LogP contribution in [0.3, 0.4) is 0 Å². The van der Waals surface area contributed by atoms with Crippen molar-refractivity contribution in [1.29, 1.82) is 0 Å². The predicted octanol–water partition coefficient (Wildman–Crippen LogP) is 0.741. The lowest BCUT2D eigenvalue weighted by molar-refractivity contribution is -0.136. The van der Waals surface area contributed by atoms with Gasteiger partial charge in [-0.05, 0) is 19.9 Å². The van der Waals surface area contributed by atoms with E-state index in [0.717, 1.165) is 4.90 Å². The summed E-state index contributed by atoms with van der Waals surface area (Å²) in [7, 11) is 0. The maximum atomic E-state index is 12.9. The number of carbonyl (C=O) groups excluding carboxylic acids is 3. The fourth-order valence-electron chi connectivity index (χ4n) is 3.03. The summed E-state index contributed by atoms with van der Waals surface area (Å²) in [6.45, 7) is 3.68. The zero-order valence-electron chi connectivity index (χ0n) is 13.1. The number of hydrogen-bond acceptors (Lipinski definition) is 4. The van der Waals surface area contributed by atoms with Crippen LogP contribution in [0, 0.1) is 0 Å². The third kappa shape index (κ3) is 2.52. The largest absolute Gasteiger partial charge is 0.493 e. The lowest BCUT2D eigenvalue weighted by atomic mass is 9.84. The van der Waals surface area contributed by atoms with Gasteiger partial charge in [-0.15, -0.1) is 0 Å². The van der Waals surface area contributed by atoms with Gasteiger partial charge < -0.3 is 15.4 Å². The number of carbonyl (C=O) groups is 3. The molecule has 2 heterocycles. The second-order valence-electron chi connectivity index (χ2n) is 6.04. The molecule has 4 amide bonds. The smallest absolute Gasteiger partial charge is 0.325 e. The zero-order chi connectivity index (χ0) is 16.6. The number of urea groups is 1. The summed E-state index contributed by atoms with van der Waals surface area (Å²) in [6.07, 6.45) is 0.344. The van der Waals surface area contributed by atoms with Crippen LogP contribution in [0.2, 0.25) is 0 Å². The van der Waals surface area contributed by atoms with Crippen LogP contribution in [-0.2, 0) is 15.1 Å². The fourth-order valence-corrected chi connectivity index (χ4v) is 3.03. The van der Waals surface area contributed by atoms with Crippen molar-refractivity contribution < 1.29 is 19.1 Å². The third-order valence-corrected chi connectivity index (χ3v) is 4.01. The highest BCUT2D eigenvalue weighted by Crippen LogP contribution is 2.40. The minimum absolute atomic E-state index is 0.0546. The van der Waals surface area contributed by atoms with Crippen LogP contribution < -0.4 is 15.4 Å². The highest BCUT2D eigenvalue weighted by Gasteiger charge is 2.55. The first-order valence-electron chi connectivity index (χ1n) is 7.60. The Morgan fingerprint density at radius 1 is 1.39 bits per heavy atom. The van der Waals surface area contributed by atoms with Gasteiger partial charge >= 0.3 is 6.03 Å². The van der Waals surface area contributed by atoms with Crippen LogP contribution >= 0.6 is 0 Å². The average Bonchev–Trinajstić information content (AvgIpc) is 2.72. The zero-order valence-corrected chi connectivity index (χ0v) is 13.1. The van der Waals surface area contributed by atoms with E-state index in [1.54, 1.807) is 18.2 Å².